The number of carbonyl (C=O) groups is 1. The van der Waals surface area contributed by atoms with Crippen LogP contribution < -0.4 is 0 Å². The number of halogens is 2. The van der Waals surface area contributed by atoms with Crippen LogP contribution in [-0.4, -0.2) is 15.3 Å². The maximum Gasteiger partial charge on any atom is 0.228 e. The van der Waals surface area contributed by atoms with Gasteiger partial charge in [-0.3, -0.25) is 4.79 Å². The Morgan fingerprint density at radius 3 is 2.81 bits per heavy atom. The van der Waals surface area contributed by atoms with Crippen LogP contribution in [0, 0.1) is 0 Å². The molecule has 0 aliphatic heterocycles. The van der Waals surface area contributed by atoms with E-state index in [1.807, 2.05) is 0 Å². The normalized spacial score (nSPS) is 10.4. The maximum absolute atomic E-state index is 12.0. The van der Waals surface area contributed by atoms with Crippen LogP contribution in [0.1, 0.15) is 16.2 Å². The number of rotatable bonds is 2. The zero-order valence-corrected chi connectivity index (χ0v) is 10.8. The summed E-state index contributed by atoms with van der Waals surface area (Å²) in [6.07, 6.45) is 3.32. The van der Waals surface area contributed by atoms with Gasteiger partial charge in [0.05, 0.1) is 5.02 Å². The lowest BCUT2D eigenvalue weighted by Crippen LogP contribution is -2.08. The number of ketones is 1. The van der Waals surface area contributed by atoms with Gasteiger partial charge in [0, 0.05) is 29.5 Å². The first kappa shape index (κ1) is 11.4. The number of aryl methyl sites for hydroxylation is 1. The topological polar surface area (TPSA) is 34.9 Å². The van der Waals surface area contributed by atoms with E-state index in [0.717, 1.165) is 4.47 Å². The standard InChI is InChI=1S/C11H8BrClN2O/c1-15-5-4-14-11(15)10(16)7-2-3-8(12)9(13)6-7/h2-6H,1H3. The smallest absolute Gasteiger partial charge is 0.228 e. The number of carbonyl (C=O) groups excluding carboxylic acids is 1. The van der Waals surface area contributed by atoms with E-state index in [-0.39, 0.29) is 5.78 Å². The molecule has 0 radical (unpaired) electrons. The predicted octanol–water partition coefficient (Wildman–Crippen LogP) is 3.07. The molecule has 0 amide bonds. The fourth-order valence-electron chi connectivity index (χ4n) is 1.35. The molecule has 1 heterocycles. The summed E-state index contributed by atoms with van der Waals surface area (Å²) in [5.41, 5.74) is 0.530. The molecule has 2 aromatic rings. The molecule has 0 aliphatic carbocycles. The SMILES string of the molecule is Cn1ccnc1C(=O)c1ccc(Br)c(Cl)c1. The van der Waals surface area contributed by atoms with Gasteiger partial charge in [-0.15, -0.1) is 0 Å². The third-order valence-electron chi connectivity index (χ3n) is 2.21. The van der Waals surface area contributed by atoms with Gasteiger partial charge in [-0.05, 0) is 34.1 Å². The fraction of sp³-hybridized carbons (Fsp3) is 0.0909. The molecular formula is C11H8BrClN2O. The molecule has 0 atom stereocenters. The largest absolute Gasteiger partial charge is 0.331 e. The molecule has 0 spiro atoms. The highest BCUT2D eigenvalue weighted by Gasteiger charge is 2.14. The van der Waals surface area contributed by atoms with Gasteiger partial charge in [0.1, 0.15) is 0 Å². The summed E-state index contributed by atoms with van der Waals surface area (Å²) in [5, 5.41) is 0.514. The van der Waals surface area contributed by atoms with E-state index in [4.69, 9.17) is 11.6 Å². The van der Waals surface area contributed by atoms with Gasteiger partial charge in [-0.1, -0.05) is 11.6 Å². The fourth-order valence-corrected chi connectivity index (χ4v) is 1.78. The molecular weight excluding hydrogens is 291 g/mol. The second-order valence-electron chi connectivity index (χ2n) is 3.32. The molecule has 16 heavy (non-hydrogen) atoms. The first-order valence-electron chi connectivity index (χ1n) is 4.56. The Kier molecular flexibility index (Phi) is 3.12. The van der Waals surface area contributed by atoms with Crippen LogP contribution in [0.2, 0.25) is 5.02 Å². The van der Waals surface area contributed by atoms with Crippen LogP contribution in [0.25, 0.3) is 0 Å². The second kappa shape index (κ2) is 4.39. The second-order valence-corrected chi connectivity index (χ2v) is 4.58. The molecule has 0 saturated heterocycles. The van der Waals surface area contributed by atoms with Gasteiger partial charge in [0.15, 0.2) is 5.82 Å². The maximum atomic E-state index is 12.0. The number of imidazole rings is 1. The predicted molar refractivity (Wildman–Crippen MR) is 65.8 cm³/mol. The Labute approximate surface area is 106 Å². The molecule has 82 valence electrons. The molecule has 3 nitrogen and oxygen atoms in total. The van der Waals surface area contributed by atoms with Crippen LogP contribution >= 0.6 is 27.5 Å². The van der Waals surface area contributed by atoms with Crippen molar-refractivity contribution in [1.29, 1.82) is 0 Å². The summed E-state index contributed by atoms with van der Waals surface area (Å²) in [4.78, 5) is 16.0. The van der Waals surface area contributed by atoms with Crippen molar-refractivity contribution >= 4 is 33.3 Å². The van der Waals surface area contributed by atoms with Gasteiger partial charge < -0.3 is 4.57 Å². The minimum absolute atomic E-state index is 0.137. The summed E-state index contributed by atoms with van der Waals surface area (Å²) < 4.78 is 2.45. The number of hydrogen-bond acceptors (Lipinski definition) is 2. The first-order valence-corrected chi connectivity index (χ1v) is 5.74. The number of nitrogens with zero attached hydrogens (tertiary/aromatic N) is 2. The van der Waals surface area contributed by atoms with Crippen molar-refractivity contribution in [3.8, 4) is 0 Å². The van der Waals surface area contributed by atoms with Gasteiger partial charge in [0.25, 0.3) is 0 Å². The minimum atomic E-state index is -0.137. The van der Waals surface area contributed by atoms with E-state index < -0.39 is 0 Å². The molecule has 5 heteroatoms. The van der Waals surface area contributed by atoms with Crippen molar-refractivity contribution in [2.75, 3.05) is 0 Å². The summed E-state index contributed by atoms with van der Waals surface area (Å²) in [6, 6.07) is 5.09. The highest BCUT2D eigenvalue weighted by atomic mass is 79.9. The van der Waals surface area contributed by atoms with E-state index in [1.54, 1.807) is 42.2 Å². The minimum Gasteiger partial charge on any atom is -0.331 e. The summed E-state index contributed by atoms with van der Waals surface area (Å²) >= 11 is 9.21. The van der Waals surface area contributed by atoms with Crippen LogP contribution in [0.4, 0.5) is 0 Å². The van der Waals surface area contributed by atoms with Gasteiger partial charge in [0.2, 0.25) is 5.78 Å². The van der Waals surface area contributed by atoms with Crippen LogP contribution in [0.3, 0.4) is 0 Å². The Morgan fingerprint density at radius 1 is 1.50 bits per heavy atom. The van der Waals surface area contributed by atoms with Crippen molar-refractivity contribution in [2.24, 2.45) is 7.05 Å². The average Bonchev–Trinajstić information content (AvgIpc) is 2.67. The van der Waals surface area contributed by atoms with E-state index in [0.29, 0.717) is 16.4 Å². The zero-order chi connectivity index (χ0) is 11.7. The molecule has 2 rings (SSSR count). The molecule has 0 saturated carbocycles. The molecule has 0 unspecified atom stereocenters. The Hall–Kier alpha value is -1.13. The highest BCUT2D eigenvalue weighted by Crippen LogP contribution is 2.24. The lowest BCUT2D eigenvalue weighted by atomic mass is 10.1. The number of hydrogen-bond donors (Lipinski definition) is 0. The molecule has 0 fully saturated rings. The van der Waals surface area contributed by atoms with Gasteiger partial charge in [-0.25, -0.2) is 4.98 Å². The molecule has 0 aliphatic rings. The van der Waals surface area contributed by atoms with Crippen molar-refractivity contribution < 1.29 is 4.79 Å². The number of benzene rings is 1. The van der Waals surface area contributed by atoms with Crippen molar-refractivity contribution in [3.63, 3.8) is 0 Å². The van der Waals surface area contributed by atoms with Crippen LogP contribution in [0.5, 0.6) is 0 Å². The third kappa shape index (κ3) is 2.03. The van der Waals surface area contributed by atoms with E-state index in [1.165, 1.54) is 0 Å². The first-order chi connectivity index (χ1) is 7.59. The van der Waals surface area contributed by atoms with Crippen molar-refractivity contribution in [2.45, 2.75) is 0 Å². The number of aromatic nitrogens is 2. The molecule has 1 aromatic heterocycles. The Bertz CT molecular complexity index is 551. The summed E-state index contributed by atoms with van der Waals surface area (Å²) in [6.45, 7) is 0. The monoisotopic (exact) mass is 298 g/mol. The molecule has 0 bridgehead atoms. The lowest BCUT2D eigenvalue weighted by Gasteiger charge is -2.02. The highest BCUT2D eigenvalue weighted by molar-refractivity contribution is 9.10. The van der Waals surface area contributed by atoms with E-state index in [9.17, 15) is 4.79 Å². The van der Waals surface area contributed by atoms with E-state index >= 15 is 0 Å². The van der Waals surface area contributed by atoms with Crippen LogP contribution in [-0.2, 0) is 7.05 Å². The van der Waals surface area contributed by atoms with Gasteiger partial charge >= 0.3 is 0 Å². The van der Waals surface area contributed by atoms with Gasteiger partial charge in [-0.2, -0.15) is 0 Å². The lowest BCUT2D eigenvalue weighted by molar-refractivity contribution is 0.102. The van der Waals surface area contributed by atoms with Crippen molar-refractivity contribution in [1.82, 2.24) is 9.55 Å². The molecule has 1 aromatic carbocycles. The average molecular weight is 300 g/mol. The zero-order valence-electron chi connectivity index (χ0n) is 8.45. The van der Waals surface area contributed by atoms with Crippen molar-refractivity contribution in [3.05, 3.63) is 51.5 Å². The Balaban J connectivity index is 2.42. The molecule has 0 N–H and O–H groups in total. The summed E-state index contributed by atoms with van der Waals surface area (Å²) in [7, 11) is 1.78. The summed E-state index contributed by atoms with van der Waals surface area (Å²) in [5.74, 6) is 0.264. The Morgan fingerprint density at radius 2 is 2.25 bits per heavy atom. The van der Waals surface area contributed by atoms with E-state index in [2.05, 4.69) is 20.9 Å². The quantitative estimate of drug-likeness (QED) is 0.799. The van der Waals surface area contributed by atoms with Crippen LogP contribution in [0.15, 0.2) is 35.1 Å². The third-order valence-corrected chi connectivity index (χ3v) is 3.44.